The minimum Gasteiger partial charge on any atom is -0.368 e. The molecule has 0 radical (unpaired) electrons. The largest absolute Gasteiger partial charge is 0.368 e. The second kappa shape index (κ2) is 11.1. The number of anilines is 1. The molecule has 0 unspecified atom stereocenters. The van der Waals surface area contributed by atoms with Crippen LogP contribution in [-0.4, -0.2) is 58.3 Å². The number of hydrogen-bond donors (Lipinski definition) is 2. The number of nitrogens with zero attached hydrogens (tertiary/aromatic N) is 4. The number of halogens is 1. The molecule has 0 saturated heterocycles. The molecule has 2 N–H and O–H groups in total. The summed E-state index contributed by atoms with van der Waals surface area (Å²) in [6, 6.07) is 4.92. The van der Waals surface area contributed by atoms with Crippen molar-refractivity contribution in [3.8, 4) is 0 Å². The number of rotatable bonds is 7. The van der Waals surface area contributed by atoms with Crippen molar-refractivity contribution in [2.24, 2.45) is 7.05 Å². The number of H-pyrrole nitrogens is 1. The van der Waals surface area contributed by atoms with Crippen LogP contribution < -0.4 is 15.8 Å². The van der Waals surface area contributed by atoms with E-state index in [9.17, 15) is 9.59 Å². The molecule has 0 aliphatic heterocycles. The van der Waals surface area contributed by atoms with Crippen molar-refractivity contribution < 1.29 is 4.79 Å². The molecule has 1 fully saturated rings. The summed E-state index contributed by atoms with van der Waals surface area (Å²) in [7, 11) is 6.27. The molecule has 37 heavy (non-hydrogen) atoms. The van der Waals surface area contributed by atoms with Gasteiger partial charge in [-0.05, 0) is 113 Å². The van der Waals surface area contributed by atoms with E-state index in [1.54, 1.807) is 0 Å². The van der Waals surface area contributed by atoms with Crippen molar-refractivity contribution in [2.45, 2.75) is 72.0 Å². The molecule has 2 aromatic heterocycles. The summed E-state index contributed by atoms with van der Waals surface area (Å²) in [5.41, 5.74) is 5.93. The Bertz CT molecular complexity index is 1370. The van der Waals surface area contributed by atoms with Gasteiger partial charge in [0, 0.05) is 48.7 Å². The number of aromatic nitrogens is 3. The van der Waals surface area contributed by atoms with Gasteiger partial charge in [0.2, 0.25) is 0 Å². The highest BCUT2D eigenvalue weighted by Gasteiger charge is 2.30. The third kappa shape index (κ3) is 5.43. The third-order valence-electron chi connectivity index (χ3n) is 8.01. The highest BCUT2D eigenvalue weighted by molar-refractivity contribution is 14.1. The van der Waals surface area contributed by atoms with Crippen LogP contribution in [0.15, 0.2) is 16.9 Å². The fourth-order valence-electron chi connectivity index (χ4n) is 5.93. The first-order valence-corrected chi connectivity index (χ1v) is 14.2. The monoisotopic (exact) mass is 618 g/mol. The molecule has 0 atom stereocenters. The summed E-state index contributed by atoms with van der Waals surface area (Å²) in [6.45, 7) is 9.25. The van der Waals surface area contributed by atoms with Crippen LogP contribution in [0, 0.1) is 24.5 Å². The average molecular weight is 619 g/mol. The summed E-state index contributed by atoms with van der Waals surface area (Å²) >= 11 is 2.09. The molecular weight excluding hydrogens is 579 g/mol. The van der Waals surface area contributed by atoms with Gasteiger partial charge in [-0.15, -0.1) is 0 Å². The van der Waals surface area contributed by atoms with Crippen molar-refractivity contribution in [3.63, 3.8) is 0 Å². The third-order valence-corrected chi connectivity index (χ3v) is 8.59. The fraction of sp³-hybridized carbons (Fsp3) is 0.536. The van der Waals surface area contributed by atoms with Gasteiger partial charge in [-0.25, -0.2) is 0 Å². The lowest BCUT2D eigenvalue weighted by molar-refractivity contribution is 0.0950. The Morgan fingerprint density at radius 2 is 1.81 bits per heavy atom. The Labute approximate surface area is 232 Å². The van der Waals surface area contributed by atoms with Crippen LogP contribution in [-0.2, 0) is 13.6 Å². The van der Waals surface area contributed by atoms with Crippen molar-refractivity contribution in [1.29, 1.82) is 0 Å². The molecular formula is C28H39IN6O2. The van der Waals surface area contributed by atoms with E-state index in [1.165, 1.54) is 12.8 Å². The van der Waals surface area contributed by atoms with E-state index < -0.39 is 0 Å². The first kappa shape index (κ1) is 27.6. The number of carbonyl (C=O) groups excluding carboxylic acids is 1. The van der Waals surface area contributed by atoms with Gasteiger partial charge in [0.05, 0.1) is 20.6 Å². The Balaban J connectivity index is 1.72. The minimum absolute atomic E-state index is 0.162. The topological polar surface area (TPSA) is 86.3 Å². The number of carbonyl (C=O) groups is 1. The zero-order valence-electron chi connectivity index (χ0n) is 23.0. The van der Waals surface area contributed by atoms with Gasteiger partial charge in [-0.1, -0.05) is 0 Å². The van der Waals surface area contributed by atoms with Crippen LogP contribution in [0.1, 0.15) is 65.3 Å². The van der Waals surface area contributed by atoms with E-state index in [2.05, 4.69) is 63.7 Å². The van der Waals surface area contributed by atoms with Crippen LogP contribution in [0.5, 0.6) is 0 Å². The Kier molecular flexibility index (Phi) is 8.32. The standard InChI is InChI=1S/C28H39IN6O2/c1-8-35(20-11-9-19(10-12-20)33(5)6)26-17(3)21(14-23-25(26)18(4)32-34(23)7)27(36)30-15-22-16(2)13-24(29)31-28(22)37/h13-14,19-20H,8-12,15H2,1-7H3,(H,30,36)(H,31,37). The highest BCUT2D eigenvalue weighted by atomic mass is 127. The van der Waals surface area contributed by atoms with Crippen LogP contribution in [0.2, 0.25) is 0 Å². The number of aromatic amines is 1. The average Bonchev–Trinajstić information content (AvgIpc) is 3.12. The van der Waals surface area contributed by atoms with Gasteiger partial charge in [-0.2, -0.15) is 5.10 Å². The smallest absolute Gasteiger partial charge is 0.253 e. The molecule has 2 heterocycles. The van der Waals surface area contributed by atoms with E-state index in [0.717, 1.165) is 56.5 Å². The zero-order chi connectivity index (χ0) is 27.0. The van der Waals surface area contributed by atoms with Crippen LogP contribution in [0.3, 0.4) is 0 Å². The Morgan fingerprint density at radius 1 is 1.16 bits per heavy atom. The lowest BCUT2D eigenvalue weighted by atomic mass is 9.88. The molecule has 0 spiro atoms. The molecule has 9 heteroatoms. The molecule has 3 aromatic rings. The molecule has 0 bridgehead atoms. The van der Waals surface area contributed by atoms with Crippen molar-refractivity contribution >= 4 is 45.1 Å². The van der Waals surface area contributed by atoms with E-state index in [1.807, 2.05) is 44.6 Å². The second-order valence-electron chi connectivity index (χ2n) is 10.5. The predicted molar refractivity (Wildman–Crippen MR) is 159 cm³/mol. The summed E-state index contributed by atoms with van der Waals surface area (Å²) in [5, 5.41) is 8.86. The van der Waals surface area contributed by atoms with Gasteiger partial charge in [0.25, 0.3) is 11.5 Å². The number of pyridine rings is 1. The molecule has 1 aromatic carbocycles. The molecule has 4 rings (SSSR count). The molecule has 8 nitrogen and oxygen atoms in total. The van der Waals surface area contributed by atoms with Gasteiger partial charge in [0.15, 0.2) is 0 Å². The lowest BCUT2D eigenvalue weighted by Gasteiger charge is -2.40. The zero-order valence-corrected chi connectivity index (χ0v) is 25.2. The SMILES string of the molecule is CCN(c1c(C)c(C(=O)NCc2c(C)cc(I)[nH]c2=O)cc2c1c(C)nn2C)C1CCC(N(C)C)CC1. The van der Waals surface area contributed by atoms with Crippen LogP contribution in [0.4, 0.5) is 5.69 Å². The molecule has 1 aliphatic carbocycles. The van der Waals surface area contributed by atoms with E-state index in [0.29, 0.717) is 23.2 Å². The molecule has 1 aliphatic rings. The first-order chi connectivity index (χ1) is 17.5. The summed E-state index contributed by atoms with van der Waals surface area (Å²) in [6.07, 6.45) is 4.60. The van der Waals surface area contributed by atoms with Gasteiger partial charge < -0.3 is 20.1 Å². The maximum absolute atomic E-state index is 13.6. The minimum atomic E-state index is -0.177. The summed E-state index contributed by atoms with van der Waals surface area (Å²) in [5.74, 6) is -0.177. The normalized spacial score (nSPS) is 18.0. The second-order valence-corrected chi connectivity index (χ2v) is 11.7. The maximum Gasteiger partial charge on any atom is 0.253 e. The summed E-state index contributed by atoms with van der Waals surface area (Å²) < 4.78 is 2.65. The molecule has 1 saturated carbocycles. The van der Waals surface area contributed by atoms with E-state index in [4.69, 9.17) is 5.10 Å². The van der Waals surface area contributed by atoms with E-state index in [-0.39, 0.29) is 18.0 Å². The van der Waals surface area contributed by atoms with Crippen molar-refractivity contribution in [3.05, 3.63) is 54.1 Å². The van der Waals surface area contributed by atoms with Crippen LogP contribution >= 0.6 is 22.6 Å². The van der Waals surface area contributed by atoms with Gasteiger partial charge >= 0.3 is 0 Å². The highest BCUT2D eigenvalue weighted by Crippen LogP contribution is 2.39. The number of fused-ring (bicyclic) bond motifs is 1. The Hall–Kier alpha value is -2.40. The number of hydrogen-bond acceptors (Lipinski definition) is 5. The van der Waals surface area contributed by atoms with Crippen molar-refractivity contribution in [1.82, 2.24) is 25.0 Å². The Morgan fingerprint density at radius 3 is 2.41 bits per heavy atom. The van der Waals surface area contributed by atoms with Crippen molar-refractivity contribution in [2.75, 3.05) is 25.5 Å². The number of benzene rings is 1. The number of amides is 1. The van der Waals surface area contributed by atoms with E-state index >= 15 is 0 Å². The fourth-order valence-corrected chi connectivity index (χ4v) is 6.65. The quantitative estimate of drug-likeness (QED) is 0.303. The van der Waals surface area contributed by atoms with Gasteiger partial charge in [-0.3, -0.25) is 14.3 Å². The summed E-state index contributed by atoms with van der Waals surface area (Å²) in [4.78, 5) is 33.7. The number of aryl methyl sites for hydroxylation is 3. The molecule has 200 valence electrons. The first-order valence-electron chi connectivity index (χ1n) is 13.1. The van der Waals surface area contributed by atoms with Crippen LogP contribution in [0.25, 0.3) is 10.9 Å². The predicted octanol–water partition coefficient (Wildman–Crippen LogP) is 4.42. The lowest BCUT2D eigenvalue weighted by Crippen LogP contribution is -2.42. The van der Waals surface area contributed by atoms with Gasteiger partial charge in [0.1, 0.15) is 0 Å². The maximum atomic E-state index is 13.6. The molecule has 1 amide bonds. The number of nitrogens with one attached hydrogen (secondary N) is 2.